The van der Waals surface area contributed by atoms with Crippen LogP contribution in [0.3, 0.4) is 0 Å². The lowest BCUT2D eigenvalue weighted by atomic mass is 9.93. The lowest BCUT2D eigenvalue weighted by Crippen LogP contribution is -2.45. The molecule has 1 saturated heterocycles. The summed E-state index contributed by atoms with van der Waals surface area (Å²) >= 11 is 0. The molecule has 36 heavy (non-hydrogen) atoms. The highest BCUT2D eigenvalue weighted by molar-refractivity contribution is 6.09. The van der Waals surface area contributed by atoms with Crippen LogP contribution in [-0.4, -0.2) is 49.6 Å². The summed E-state index contributed by atoms with van der Waals surface area (Å²) in [5.41, 5.74) is 1.56. The molecule has 1 atom stereocenters. The van der Waals surface area contributed by atoms with Crippen molar-refractivity contribution in [2.24, 2.45) is 0 Å². The number of benzene rings is 2. The molecule has 2 aliphatic heterocycles. The number of urea groups is 1. The number of aryl methyl sites for hydroxylation is 2. The van der Waals surface area contributed by atoms with Gasteiger partial charge >= 0.3 is 6.03 Å². The highest BCUT2D eigenvalue weighted by Gasteiger charge is 2.47. The molecule has 0 aliphatic carbocycles. The number of carbonyl (C=O) groups is 3. The van der Waals surface area contributed by atoms with Crippen LogP contribution in [0.4, 0.5) is 10.5 Å². The van der Waals surface area contributed by atoms with Gasteiger partial charge in [0.2, 0.25) is 5.91 Å². The molecule has 9 heteroatoms. The summed E-state index contributed by atoms with van der Waals surface area (Å²) < 4.78 is 2.17. The Bertz CT molecular complexity index is 1270. The molecule has 4 amide bonds. The summed E-state index contributed by atoms with van der Waals surface area (Å²) in [7, 11) is 0. The van der Waals surface area contributed by atoms with Crippen LogP contribution >= 0.6 is 0 Å². The number of fused-ring (bicyclic) bond motifs is 1. The number of aromatic nitrogens is 3. The van der Waals surface area contributed by atoms with Gasteiger partial charge in [0.25, 0.3) is 5.91 Å². The van der Waals surface area contributed by atoms with E-state index in [1.807, 2.05) is 42.5 Å². The van der Waals surface area contributed by atoms with E-state index in [0.29, 0.717) is 18.5 Å². The molecule has 0 bridgehead atoms. The number of rotatable bonds is 7. The number of hydrogen-bond donors (Lipinski definition) is 2. The molecule has 3 heterocycles. The molecule has 1 fully saturated rings. The van der Waals surface area contributed by atoms with E-state index in [-0.39, 0.29) is 12.5 Å². The number of imide groups is 1. The van der Waals surface area contributed by atoms with Crippen LogP contribution in [0.15, 0.2) is 54.6 Å². The lowest BCUT2D eigenvalue weighted by molar-refractivity contribution is -0.133. The Morgan fingerprint density at radius 1 is 1.03 bits per heavy atom. The van der Waals surface area contributed by atoms with Gasteiger partial charge in [-0.05, 0) is 62.4 Å². The van der Waals surface area contributed by atoms with Gasteiger partial charge in [-0.15, -0.1) is 10.2 Å². The molecular formula is C27H30N6O3. The van der Waals surface area contributed by atoms with Crippen LogP contribution in [-0.2, 0) is 29.0 Å². The summed E-state index contributed by atoms with van der Waals surface area (Å²) in [6.07, 6.45) is 5.47. The molecule has 0 spiro atoms. The van der Waals surface area contributed by atoms with Gasteiger partial charge in [0, 0.05) is 24.2 Å². The molecule has 2 aliphatic rings. The predicted molar refractivity (Wildman–Crippen MR) is 135 cm³/mol. The van der Waals surface area contributed by atoms with Crippen molar-refractivity contribution in [3.05, 3.63) is 66.0 Å². The predicted octanol–water partition coefficient (Wildman–Crippen LogP) is 3.55. The highest BCUT2D eigenvalue weighted by Crippen LogP contribution is 2.25. The lowest BCUT2D eigenvalue weighted by Gasteiger charge is -2.21. The Hall–Kier alpha value is -4.01. The average Bonchev–Trinajstić information content (AvgIpc) is 3.26. The van der Waals surface area contributed by atoms with E-state index in [0.717, 1.165) is 53.5 Å². The molecule has 1 aromatic heterocycles. The molecule has 2 aromatic carbocycles. The van der Waals surface area contributed by atoms with Crippen molar-refractivity contribution in [3.8, 4) is 11.4 Å². The first-order valence-electron chi connectivity index (χ1n) is 12.4. The van der Waals surface area contributed by atoms with Crippen molar-refractivity contribution < 1.29 is 14.4 Å². The molecule has 3 aromatic rings. The van der Waals surface area contributed by atoms with Crippen LogP contribution in [0.2, 0.25) is 0 Å². The van der Waals surface area contributed by atoms with Crippen LogP contribution < -0.4 is 10.6 Å². The van der Waals surface area contributed by atoms with E-state index in [2.05, 4.69) is 25.4 Å². The smallest absolute Gasteiger partial charge is 0.325 e. The Morgan fingerprint density at radius 3 is 2.58 bits per heavy atom. The maximum Gasteiger partial charge on any atom is 0.325 e. The standard InChI is InChI=1S/C27H30N6O3/c1-27(16-15-19-8-4-2-5-9-19)25(35)33(26(36)29-27)18-23(34)28-21-13-11-20(12-14-21)24-31-30-22-10-6-3-7-17-32(22)24/h2,4-5,8-9,11-14H,3,6-7,10,15-18H2,1H3,(H,28,34)(H,29,36). The van der Waals surface area contributed by atoms with E-state index in [9.17, 15) is 14.4 Å². The summed E-state index contributed by atoms with van der Waals surface area (Å²) in [6.45, 7) is 2.27. The Kier molecular flexibility index (Phi) is 6.54. The first-order valence-corrected chi connectivity index (χ1v) is 12.4. The number of nitrogens with zero attached hydrogens (tertiary/aromatic N) is 4. The molecule has 1 unspecified atom stereocenters. The topological polar surface area (TPSA) is 109 Å². The Morgan fingerprint density at radius 2 is 1.81 bits per heavy atom. The summed E-state index contributed by atoms with van der Waals surface area (Å²) in [4.78, 5) is 39.2. The van der Waals surface area contributed by atoms with Crippen molar-refractivity contribution in [3.63, 3.8) is 0 Å². The first-order chi connectivity index (χ1) is 17.4. The van der Waals surface area contributed by atoms with Gasteiger partial charge in [-0.3, -0.25) is 14.5 Å². The van der Waals surface area contributed by atoms with Crippen molar-refractivity contribution in [1.82, 2.24) is 25.0 Å². The first kappa shape index (κ1) is 23.7. The molecule has 5 rings (SSSR count). The second kappa shape index (κ2) is 9.93. The highest BCUT2D eigenvalue weighted by atomic mass is 16.2. The minimum atomic E-state index is -1.04. The number of amides is 4. The fraction of sp³-hybridized carbons (Fsp3) is 0.370. The Balaban J connectivity index is 1.19. The van der Waals surface area contributed by atoms with Gasteiger partial charge in [0.1, 0.15) is 17.9 Å². The average molecular weight is 487 g/mol. The number of carbonyl (C=O) groups excluding carboxylic acids is 3. The number of hydrogen-bond acceptors (Lipinski definition) is 5. The minimum Gasteiger partial charge on any atom is -0.325 e. The van der Waals surface area contributed by atoms with Crippen LogP contribution in [0, 0.1) is 0 Å². The van der Waals surface area contributed by atoms with Crippen molar-refractivity contribution >= 4 is 23.5 Å². The van der Waals surface area contributed by atoms with E-state index in [4.69, 9.17) is 0 Å². The zero-order chi connectivity index (χ0) is 25.1. The molecule has 9 nitrogen and oxygen atoms in total. The van der Waals surface area contributed by atoms with E-state index >= 15 is 0 Å². The zero-order valence-electron chi connectivity index (χ0n) is 20.4. The second-order valence-electron chi connectivity index (χ2n) is 9.67. The van der Waals surface area contributed by atoms with Crippen LogP contribution in [0.25, 0.3) is 11.4 Å². The monoisotopic (exact) mass is 486 g/mol. The fourth-order valence-electron chi connectivity index (χ4n) is 4.84. The number of nitrogens with one attached hydrogen (secondary N) is 2. The van der Waals surface area contributed by atoms with E-state index in [1.54, 1.807) is 19.1 Å². The SMILES string of the molecule is CC1(CCc2ccccc2)NC(=O)N(CC(=O)Nc2ccc(-c3nnc4n3CCCCC4)cc2)C1=O. The normalized spacial score (nSPS) is 19.5. The molecule has 186 valence electrons. The second-order valence-corrected chi connectivity index (χ2v) is 9.67. The maximum atomic E-state index is 13.0. The Labute approximate surface area is 209 Å². The molecular weight excluding hydrogens is 456 g/mol. The number of anilines is 1. The molecule has 2 N–H and O–H groups in total. The summed E-state index contributed by atoms with van der Waals surface area (Å²) in [5.74, 6) is 1.03. The van der Waals surface area contributed by atoms with E-state index < -0.39 is 17.5 Å². The largest absolute Gasteiger partial charge is 0.325 e. The van der Waals surface area contributed by atoms with E-state index in [1.165, 1.54) is 6.42 Å². The third-order valence-corrected chi connectivity index (χ3v) is 6.94. The van der Waals surface area contributed by atoms with Gasteiger partial charge in [0.15, 0.2) is 5.82 Å². The third kappa shape index (κ3) is 4.86. The summed E-state index contributed by atoms with van der Waals surface area (Å²) in [6, 6.07) is 16.6. The fourth-order valence-corrected chi connectivity index (χ4v) is 4.84. The maximum absolute atomic E-state index is 13.0. The van der Waals surface area contributed by atoms with Crippen molar-refractivity contribution in [2.45, 2.75) is 57.5 Å². The molecule has 0 saturated carbocycles. The zero-order valence-corrected chi connectivity index (χ0v) is 20.4. The van der Waals surface area contributed by atoms with Gasteiger partial charge in [-0.25, -0.2) is 4.79 Å². The van der Waals surface area contributed by atoms with Crippen molar-refractivity contribution in [1.29, 1.82) is 0 Å². The van der Waals surface area contributed by atoms with Crippen molar-refractivity contribution in [2.75, 3.05) is 11.9 Å². The quantitative estimate of drug-likeness (QED) is 0.497. The van der Waals surface area contributed by atoms with Crippen LogP contribution in [0.5, 0.6) is 0 Å². The van der Waals surface area contributed by atoms with Gasteiger partial charge in [0.05, 0.1) is 0 Å². The van der Waals surface area contributed by atoms with Gasteiger partial charge in [-0.1, -0.05) is 36.8 Å². The minimum absolute atomic E-state index is 0.342. The van der Waals surface area contributed by atoms with Gasteiger partial charge in [-0.2, -0.15) is 0 Å². The van der Waals surface area contributed by atoms with Gasteiger partial charge < -0.3 is 15.2 Å². The summed E-state index contributed by atoms with van der Waals surface area (Å²) in [5, 5.41) is 14.3. The van der Waals surface area contributed by atoms with Crippen LogP contribution in [0.1, 0.15) is 44.0 Å². The molecule has 0 radical (unpaired) electrons. The third-order valence-electron chi connectivity index (χ3n) is 6.94.